The summed E-state index contributed by atoms with van der Waals surface area (Å²) in [5, 5.41) is 0. The second kappa shape index (κ2) is 8.77. The van der Waals surface area contributed by atoms with Gasteiger partial charge in [-0.25, -0.2) is 0 Å². The molecule has 2 aliphatic rings. The van der Waals surface area contributed by atoms with Gasteiger partial charge in [-0.1, -0.05) is 0 Å². The summed E-state index contributed by atoms with van der Waals surface area (Å²) in [5.74, 6) is -0.869. The van der Waals surface area contributed by atoms with Crippen molar-refractivity contribution in [3.05, 3.63) is 0 Å². The molecule has 0 radical (unpaired) electrons. The topological polar surface area (TPSA) is 78.9 Å². The first kappa shape index (κ1) is 15.8. The summed E-state index contributed by atoms with van der Waals surface area (Å²) in [6, 6.07) is 0. The molecule has 19 heavy (non-hydrogen) atoms. The maximum absolute atomic E-state index is 11.1. The van der Waals surface area contributed by atoms with Crippen LogP contribution in [-0.2, 0) is 28.6 Å². The van der Waals surface area contributed by atoms with Crippen LogP contribution in [0.4, 0.5) is 0 Å². The van der Waals surface area contributed by atoms with E-state index in [9.17, 15) is 14.4 Å². The van der Waals surface area contributed by atoms with Crippen molar-refractivity contribution in [3.8, 4) is 0 Å². The van der Waals surface area contributed by atoms with Crippen LogP contribution >= 0.6 is 0 Å². The molecule has 0 amide bonds. The van der Waals surface area contributed by atoms with Crippen LogP contribution in [-0.4, -0.2) is 50.6 Å². The van der Waals surface area contributed by atoms with Gasteiger partial charge in [0.15, 0.2) is 5.78 Å². The van der Waals surface area contributed by atoms with Crippen LogP contribution in [0.3, 0.4) is 0 Å². The van der Waals surface area contributed by atoms with Gasteiger partial charge in [-0.2, -0.15) is 0 Å². The Morgan fingerprint density at radius 2 is 1.79 bits per heavy atom. The average Bonchev–Trinajstić information content (AvgIpc) is 2.41. The molecule has 2 heterocycles. The smallest absolute Gasteiger partial charge is 0.318 e. The Balaban J connectivity index is 0.000000218. The van der Waals surface area contributed by atoms with E-state index in [-0.39, 0.29) is 12.4 Å². The first-order valence-corrected chi connectivity index (χ1v) is 6.51. The van der Waals surface area contributed by atoms with E-state index in [1.54, 1.807) is 6.92 Å². The molecule has 0 spiro atoms. The van der Waals surface area contributed by atoms with Crippen LogP contribution in [0, 0.1) is 5.92 Å². The van der Waals surface area contributed by atoms with Crippen LogP contribution in [0.5, 0.6) is 0 Å². The minimum Gasteiger partial charge on any atom is -0.465 e. The predicted octanol–water partition coefficient (Wildman–Crippen LogP) is 0.521. The van der Waals surface area contributed by atoms with E-state index < -0.39 is 11.9 Å². The van der Waals surface area contributed by atoms with Crippen molar-refractivity contribution < 1.29 is 28.6 Å². The number of rotatable bonds is 2. The van der Waals surface area contributed by atoms with E-state index in [0.29, 0.717) is 51.5 Å². The Morgan fingerprint density at radius 1 is 1.16 bits per heavy atom. The molecule has 0 aromatic heterocycles. The van der Waals surface area contributed by atoms with Crippen molar-refractivity contribution in [2.45, 2.75) is 26.2 Å². The lowest BCUT2D eigenvalue weighted by Crippen LogP contribution is -2.35. The van der Waals surface area contributed by atoms with Gasteiger partial charge in [0.25, 0.3) is 0 Å². The van der Waals surface area contributed by atoms with Gasteiger partial charge < -0.3 is 14.2 Å². The monoisotopic (exact) mass is 272 g/mol. The fourth-order valence-electron chi connectivity index (χ4n) is 1.68. The Hall–Kier alpha value is -1.27. The number of carbonyl (C=O) groups is 3. The number of Topliss-reactive ketones (excluding diaryl/α,β-unsaturated/α-hetero) is 2. The number of esters is 1. The van der Waals surface area contributed by atoms with Gasteiger partial charge in [0, 0.05) is 19.3 Å². The number of ketones is 2. The number of carbonyl (C=O) groups excluding carboxylic acids is 3. The van der Waals surface area contributed by atoms with Gasteiger partial charge in [0.1, 0.15) is 11.7 Å². The van der Waals surface area contributed by atoms with E-state index in [1.807, 2.05) is 0 Å². The Bertz CT molecular complexity index is 317. The summed E-state index contributed by atoms with van der Waals surface area (Å²) in [6.07, 6.45) is 1.57. The zero-order valence-electron chi connectivity index (χ0n) is 11.2. The Morgan fingerprint density at radius 3 is 2.26 bits per heavy atom. The first-order chi connectivity index (χ1) is 9.15. The first-order valence-electron chi connectivity index (χ1n) is 6.51. The van der Waals surface area contributed by atoms with E-state index in [4.69, 9.17) is 14.2 Å². The van der Waals surface area contributed by atoms with Gasteiger partial charge in [0.05, 0.1) is 33.0 Å². The van der Waals surface area contributed by atoms with Crippen LogP contribution < -0.4 is 0 Å². The summed E-state index contributed by atoms with van der Waals surface area (Å²) < 4.78 is 14.6. The van der Waals surface area contributed by atoms with Gasteiger partial charge in [0.2, 0.25) is 0 Å². The zero-order valence-corrected chi connectivity index (χ0v) is 11.2. The van der Waals surface area contributed by atoms with Crippen LogP contribution in [0.25, 0.3) is 0 Å². The highest BCUT2D eigenvalue weighted by Gasteiger charge is 2.30. The van der Waals surface area contributed by atoms with Crippen LogP contribution in [0.2, 0.25) is 0 Å². The summed E-state index contributed by atoms with van der Waals surface area (Å²) >= 11 is 0. The largest absolute Gasteiger partial charge is 0.465 e. The molecule has 2 aliphatic heterocycles. The highest BCUT2D eigenvalue weighted by molar-refractivity contribution is 5.99. The third-order valence-electron chi connectivity index (χ3n) is 2.79. The quantitative estimate of drug-likeness (QED) is 0.538. The van der Waals surface area contributed by atoms with E-state index >= 15 is 0 Å². The van der Waals surface area contributed by atoms with Crippen molar-refractivity contribution in [2.24, 2.45) is 5.92 Å². The predicted molar refractivity (Wildman–Crippen MR) is 65.6 cm³/mol. The van der Waals surface area contributed by atoms with Crippen LogP contribution in [0.1, 0.15) is 26.2 Å². The Kier molecular flexibility index (Phi) is 7.28. The molecule has 0 saturated carbocycles. The van der Waals surface area contributed by atoms with Gasteiger partial charge in [-0.3, -0.25) is 14.4 Å². The van der Waals surface area contributed by atoms with E-state index in [1.165, 1.54) is 0 Å². The molecule has 0 aliphatic carbocycles. The minimum absolute atomic E-state index is 0.0697. The summed E-state index contributed by atoms with van der Waals surface area (Å²) in [7, 11) is 0. The van der Waals surface area contributed by atoms with Crippen molar-refractivity contribution in [1.82, 2.24) is 0 Å². The third kappa shape index (κ3) is 5.94. The lowest BCUT2D eigenvalue weighted by atomic mass is 10.0. The summed E-state index contributed by atoms with van der Waals surface area (Å²) in [4.78, 5) is 32.6. The Labute approximate surface area is 112 Å². The number of hydrogen-bond donors (Lipinski definition) is 0. The van der Waals surface area contributed by atoms with Crippen molar-refractivity contribution >= 4 is 17.5 Å². The molecule has 0 aromatic carbocycles. The molecule has 0 N–H and O–H groups in total. The fraction of sp³-hybridized carbons (Fsp3) is 0.769. The maximum Gasteiger partial charge on any atom is 0.318 e. The molecular weight excluding hydrogens is 252 g/mol. The molecule has 1 atom stereocenters. The van der Waals surface area contributed by atoms with E-state index in [0.717, 1.165) is 0 Å². The lowest BCUT2D eigenvalue weighted by molar-refractivity contribution is -0.157. The van der Waals surface area contributed by atoms with Gasteiger partial charge >= 0.3 is 5.97 Å². The maximum atomic E-state index is 11.1. The number of ether oxygens (including phenoxy) is 3. The van der Waals surface area contributed by atoms with Crippen molar-refractivity contribution in [2.75, 3.05) is 33.0 Å². The second-order valence-electron chi connectivity index (χ2n) is 4.25. The van der Waals surface area contributed by atoms with Crippen LogP contribution in [0.15, 0.2) is 0 Å². The van der Waals surface area contributed by atoms with E-state index in [2.05, 4.69) is 0 Å². The molecule has 2 saturated heterocycles. The molecule has 2 fully saturated rings. The normalized spacial score (nSPS) is 23.3. The summed E-state index contributed by atoms with van der Waals surface area (Å²) in [6.45, 7) is 3.90. The fourth-order valence-corrected chi connectivity index (χ4v) is 1.68. The molecule has 6 heteroatoms. The zero-order chi connectivity index (χ0) is 14.1. The number of hydrogen-bond acceptors (Lipinski definition) is 6. The summed E-state index contributed by atoms with van der Waals surface area (Å²) in [5.41, 5.74) is 0. The highest BCUT2D eigenvalue weighted by Crippen LogP contribution is 2.11. The van der Waals surface area contributed by atoms with Crippen molar-refractivity contribution in [1.29, 1.82) is 0 Å². The van der Waals surface area contributed by atoms with Gasteiger partial charge in [-0.05, 0) is 6.92 Å². The molecule has 1 unspecified atom stereocenters. The second-order valence-corrected chi connectivity index (χ2v) is 4.25. The molecular formula is C13H20O6. The highest BCUT2D eigenvalue weighted by atomic mass is 16.5. The average molecular weight is 272 g/mol. The lowest BCUT2D eigenvalue weighted by Gasteiger charge is -2.18. The van der Waals surface area contributed by atoms with Gasteiger partial charge in [-0.15, -0.1) is 0 Å². The molecule has 0 bridgehead atoms. The molecule has 2 rings (SSSR count). The molecule has 108 valence electrons. The van der Waals surface area contributed by atoms with Crippen molar-refractivity contribution in [3.63, 3.8) is 0 Å². The SMILES string of the molecule is CCOC(=O)C1COCCC1=O.O=C1CCOCC1. The standard InChI is InChI=1S/C8H12O4.C5H8O2/c1-2-12-8(10)6-5-11-4-3-7(6)9;6-5-1-3-7-4-2-5/h6H,2-5H2,1H3;1-4H2. The molecule has 0 aromatic rings. The minimum atomic E-state index is -0.682. The third-order valence-corrected chi connectivity index (χ3v) is 2.79. The molecule has 6 nitrogen and oxygen atoms in total.